The molecule has 0 aliphatic heterocycles. The SMILES string of the molecule is CCCCCCCCCCCn1c(CNC(=O)c2ccncc2)nc2ccccc21. The fraction of sp³-hybridized carbons (Fsp3) is 0.480. The van der Waals surface area contributed by atoms with Gasteiger partial charge in [0, 0.05) is 24.5 Å². The van der Waals surface area contributed by atoms with E-state index in [1.165, 1.54) is 51.4 Å². The Bertz CT molecular complexity index is 904. The van der Waals surface area contributed by atoms with Crippen LogP contribution >= 0.6 is 0 Å². The summed E-state index contributed by atoms with van der Waals surface area (Å²) in [7, 11) is 0. The summed E-state index contributed by atoms with van der Waals surface area (Å²) < 4.78 is 2.27. The number of imidazole rings is 1. The molecule has 5 nitrogen and oxygen atoms in total. The Kier molecular flexibility index (Phi) is 8.88. The van der Waals surface area contributed by atoms with Crippen molar-refractivity contribution in [3.8, 4) is 0 Å². The molecule has 5 heteroatoms. The van der Waals surface area contributed by atoms with E-state index in [-0.39, 0.29) is 5.91 Å². The van der Waals surface area contributed by atoms with Crippen LogP contribution in [0.15, 0.2) is 48.8 Å². The molecule has 2 aromatic heterocycles. The fourth-order valence-electron chi connectivity index (χ4n) is 3.86. The molecule has 1 N–H and O–H groups in total. The second-order valence-electron chi connectivity index (χ2n) is 7.92. The van der Waals surface area contributed by atoms with Gasteiger partial charge in [0.2, 0.25) is 0 Å². The number of unbranched alkanes of at least 4 members (excludes halogenated alkanes) is 8. The predicted molar refractivity (Wildman–Crippen MR) is 122 cm³/mol. The number of hydrogen-bond donors (Lipinski definition) is 1. The van der Waals surface area contributed by atoms with E-state index in [0.29, 0.717) is 12.1 Å². The molecule has 160 valence electrons. The van der Waals surface area contributed by atoms with Crippen LogP contribution in [0.2, 0.25) is 0 Å². The monoisotopic (exact) mass is 406 g/mol. The molecule has 2 heterocycles. The van der Waals surface area contributed by atoms with Gasteiger partial charge in [-0.15, -0.1) is 0 Å². The summed E-state index contributed by atoms with van der Waals surface area (Å²) in [6, 6.07) is 11.7. The minimum Gasteiger partial charge on any atom is -0.345 e. The van der Waals surface area contributed by atoms with E-state index in [4.69, 9.17) is 4.98 Å². The minimum atomic E-state index is -0.0981. The van der Waals surface area contributed by atoms with Gasteiger partial charge >= 0.3 is 0 Å². The van der Waals surface area contributed by atoms with Crippen LogP contribution in [0.3, 0.4) is 0 Å². The van der Waals surface area contributed by atoms with Crippen molar-refractivity contribution < 1.29 is 4.79 Å². The number of aromatic nitrogens is 3. The summed E-state index contributed by atoms with van der Waals surface area (Å²) >= 11 is 0. The van der Waals surface area contributed by atoms with Crippen molar-refractivity contribution >= 4 is 16.9 Å². The quantitative estimate of drug-likeness (QED) is 0.360. The summed E-state index contributed by atoms with van der Waals surface area (Å²) in [5.74, 6) is 0.817. The zero-order chi connectivity index (χ0) is 21.0. The number of aryl methyl sites for hydroxylation is 1. The molecule has 0 bridgehead atoms. The first kappa shape index (κ1) is 22.0. The third-order valence-corrected chi connectivity index (χ3v) is 5.57. The molecule has 0 unspecified atom stereocenters. The molecular formula is C25H34N4O. The fourth-order valence-corrected chi connectivity index (χ4v) is 3.86. The van der Waals surface area contributed by atoms with E-state index in [1.54, 1.807) is 24.5 Å². The average molecular weight is 407 g/mol. The average Bonchev–Trinajstić information content (AvgIpc) is 3.14. The molecule has 1 aromatic carbocycles. The number of rotatable bonds is 13. The number of fused-ring (bicyclic) bond motifs is 1. The maximum atomic E-state index is 12.4. The Morgan fingerprint density at radius 3 is 2.30 bits per heavy atom. The Labute approximate surface area is 179 Å². The Hall–Kier alpha value is -2.69. The number of carbonyl (C=O) groups excluding carboxylic acids is 1. The standard InChI is InChI=1S/C25H34N4O/c1-2-3-4-5-6-7-8-9-12-19-29-23-14-11-10-13-22(23)28-24(29)20-27-25(30)21-15-17-26-18-16-21/h10-11,13-18H,2-9,12,19-20H2,1H3,(H,27,30). The highest BCUT2D eigenvalue weighted by Gasteiger charge is 2.12. The Morgan fingerprint density at radius 2 is 1.57 bits per heavy atom. The summed E-state index contributed by atoms with van der Waals surface area (Å²) in [6.45, 7) is 3.63. The van der Waals surface area contributed by atoms with E-state index in [1.807, 2.05) is 12.1 Å². The van der Waals surface area contributed by atoms with Gasteiger partial charge in [-0.3, -0.25) is 9.78 Å². The number of carbonyl (C=O) groups is 1. The number of nitrogens with zero attached hydrogens (tertiary/aromatic N) is 3. The van der Waals surface area contributed by atoms with Crippen LogP contribution < -0.4 is 5.32 Å². The minimum absolute atomic E-state index is 0.0981. The van der Waals surface area contributed by atoms with Crippen LogP contribution in [0.25, 0.3) is 11.0 Å². The Morgan fingerprint density at radius 1 is 0.900 bits per heavy atom. The first-order chi connectivity index (χ1) is 14.8. The van der Waals surface area contributed by atoms with Gasteiger partial charge in [-0.1, -0.05) is 70.4 Å². The summed E-state index contributed by atoms with van der Waals surface area (Å²) in [5, 5.41) is 3.00. The Balaban J connectivity index is 1.52. The van der Waals surface area contributed by atoms with Gasteiger partial charge in [-0.2, -0.15) is 0 Å². The first-order valence-electron chi connectivity index (χ1n) is 11.4. The normalized spacial score (nSPS) is 11.1. The molecule has 0 saturated carbocycles. The number of benzene rings is 1. The summed E-state index contributed by atoms with van der Waals surface area (Å²) in [4.78, 5) is 21.1. The van der Waals surface area contributed by atoms with Gasteiger partial charge in [0.05, 0.1) is 17.6 Å². The zero-order valence-corrected chi connectivity index (χ0v) is 18.1. The zero-order valence-electron chi connectivity index (χ0n) is 18.1. The lowest BCUT2D eigenvalue weighted by atomic mass is 10.1. The van der Waals surface area contributed by atoms with Crippen LogP contribution in [0.4, 0.5) is 0 Å². The summed E-state index contributed by atoms with van der Waals surface area (Å²) in [5.41, 5.74) is 2.75. The lowest BCUT2D eigenvalue weighted by Crippen LogP contribution is -2.24. The molecule has 0 atom stereocenters. The second-order valence-corrected chi connectivity index (χ2v) is 7.92. The maximum Gasteiger partial charge on any atom is 0.251 e. The van der Waals surface area contributed by atoms with Crippen LogP contribution in [-0.2, 0) is 13.1 Å². The van der Waals surface area contributed by atoms with Crippen molar-refractivity contribution in [2.24, 2.45) is 0 Å². The van der Waals surface area contributed by atoms with Crippen LogP contribution in [0.5, 0.6) is 0 Å². The molecule has 0 fully saturated rings. The number of para-hydroxylation sites is 2. The molecule has 0 aliphatic carbocycles. The molecule has 1 amide bonds. The van der Waals surface area contributed by atoms with Crippen LogP contribution in [0.1, 0.15) is 80.9 Å². The largest absolute Gasteiger partial charge is 0.345 e. The van der Waals surface area contributed by atoms with Gasteiger partial charge in [0.15, 0.2) is 0 Å². The smallest absolute Gasteiger partial charge is 0.251 e. The highest BCUT2D eigenvalue weighted by atomic mass is 16.1. The third kappa shape index (κ3) is 6.41. The van der Waals surface area contributed by atoms with Gasteiger partial charge in [-0.05, 0) is 30.7 Å². The molecule has 0 saturated heterocycles. The van der Waals surface area contributed by atoms with Crippen molar-refractivity contribution in [3.05, 3.63) is 60.2 Å². The number of amides is 1. The lowest BCUT2D eigenvalue weighted by Gasteiger charge is -2.10. The second kappa shape index (κ2) is 12.1. The van der Waals surface area contributed by atoms with E-state index < -0.39 is 0 Å². The summed E-state index contributed by atoms with van der Waals surface area (Å²) in [6.07, 6.45) is 15.1. The van der Waals surface area contributed by atoms with E-state index in [0.717, 1.165) is 29.8 Å². The third-order valence-electron chi connectivity index (χ3n) is 5.57. The molecule has 0 radical (unpaired) electrons. The van der Waals surface area contributed by atoms with Crippen LogP contribution in [-0.4, -0.2) is 20.4 Å². The maximum absolute atomic E-state index is 12.4. The first-order valence-corrected chi connectivity index (χ1v) is 11.4. The topological polar surface area (TPSA) is 59.8 Å². The number of hydrogen-bond acceptors (Lipinski definition) is 3. The number of nitrogens with one attached hydrogen (secondary N) is 1. The molecule has 30 heavy (non-hydrogen) atoms. The van der Waals surface area contributed by atoms with Crippen molar-refractivity contribution in [1.82, 2.24) is 19.9 Å². The predicted octanol–water partition coefficient (Wildman–Crippen LogP) is 5.89. The van der Waals surface area contributed by atoms with Gasteiger partial charge in [0.25, 0.3) is 5.91 Å². The van der Waals surface area contributed by atoms with Crippen molar-refractivity contribution in [2.45, 2.75) is 77.8 Å². The lowest BCUT2D eigenvalue weighted by molar-refractivity contribution is 0.0949. The van der Waals surface area contributed by atoms with Crippen LogP contribution in [0, 0.1) is 0 Å². The van der Waals surface area contributed by atoms with Crippen molar-refractivity contribution in [1.29, 1.82) is 0 Å². The van der Waals surface area contributed by atoms with Gasteiger partial charge in [-0.25, -0.2) is 4.98 Å². The van der Waals surface area contributed by atoms with E-state index in [2.05, 4.69) is 33.9 Å². The molecule has 3 rings (SSSR count). The van der Waals surface area contributed by atoms with Crippen molar-refractivity contribution in [3.63, 3.8) is 0 Å². The van der Waals surface area contributed by atoms with Gasteiger partial charge in [0.1, 0.15) is 5.82 Å². The molecule has 0 aliphatic rings. The number of pyridine rings is 1. The van der Waals surface area contributed by atoms with E-state index >= 15 is 0 Å². The van der Waals surface area contributed by atoms with Gasteiger partial charge < -0.3 is 9.88 Å². The molecule has 3 aromatic rings. The highest BCUT2D eigenvalue weighted by molar-refractivity contribution is 5.93. The van der Waals surface area contributed by atoms with Crippen molar-refractivity contribution in [2.75, 3.05) is 0 Å². The molecule has 0 spiro atoms. The van der Waals surface area contributed by atoms with E-state index in [9.17, 15) is 4.79 Å². The highest BCUT2D eigenvalue weighted by Crippen LogP contribution is 2.18. The molecular weight excluding hydrogens is 372 g/mol.